The summed E-state index contributed by atoms with van der Waals surface area (Å²) in [7, 11) is 0. The van der Waals surface area contributed by atoms with Gasteiger partial charge in [0.05, 0.1) is 6.61 Å². The van der Waals surface area contributed by atoms with E-state index in [2.05, 4.69) is 4.74 Å². The zero-order valence-electron chi connectivity index (χ0n) is 17.1. The van der Waals surface area contributed by atoms with E-state index in [0.717, 1.165) is 6.42 Å². The van der Waals surface area contributed by atoms with Crippen LogP contribution < -0.4 is 5.73 Å². The molecule has 0 aromatic carbocycles. The van der Waals surface area contributed by atoms with E-state index in [0.29, 0.717) is 13.0 Å². The molecule has 0 saturated carbocycles. The van der Waals surface area contributed by atoms with Crippen molar-refractivity contribution < 1.29 is 33.4 Å². The van der Waals surface area contributed by atoms with Crippen molar-refractivity contribution in [3.05, 3.63) is 0 Å². The molecule has 0 aromatic heterocycles. The van der Waals surface area contributed by atoms with Gasteiger partial charge in [-0.25, -0.2) is 14.0 Å². The van der Waals surface area contributed by atoms with Crippen LogP contribution in [-0.2, 0) is 19.1 Å². The maximum Gasteiger partial charge on any atom is 0.411 e. The second kappa shape index (κ2) is 10.4. The number of carbonyl (C=O) groups is 3. The van der Waals surface area contributed by atoms with Crippen LogP contribution in [-0.4, -0.2) is 64.5 Å². The normalized spacial score (nSPS) is 18.2. The summed E-state index contributed by atoms with van der Waals surface area (Å²) >= 11 is 0. The number of aliphatic carboxylic acids is 1. The molecule has 9 heteroatoms. The molecule has 0 bridgehead atoms. The van der Waals surface area contributed by atoms with Crippen LogP contribution in [0.5, 0.6) is 0 Å². The quantitative estimate of drug-likeness (QED) is 0.690. The highest BCUT2D eigenvalue weighted by molar-refractivity contribution is 5.80. The number of rotatable bonds is 5. The third-order valence-electron chi connectivity index (χ3n) is 3.46. The summed E-state index contributed by atoms with van der Waals surface area (Å²) in [5.74, 6) is -1.50. The number of carboxylic acid groups (broad SMARTS) is 1. The monoisotopic (exact) mass is 392 g/mol. The van der Waals surface area contributed by atoms with Gasteiger partial charge in [0, 0.05) is 13.0 Å². The standard InChI is InChI=1S/C10H17NO4.C8H16FNO2/c1-10(2,3)15-9(14)11-6-4-5-7(11)8(12)13;1-4-12-7(11)6(10)5-8(2,3)9/h7H,4-6H2,1-3H3,(H,12,13);6H,4-5,10H2,1-3H3/t7-;6-/m10/s1. The summed E-state index contributed by atoms with van der Waals surface area (Å²) in [6.07, 6.45) is 0.684. The van der Waals surface area contributed by atoms with Crippen LogP contribution >= 0.6 is 0 Å². The van der Waals surface area contributed by atoms with Crippen molar-refractivity contribution >= 4 is 18.0 Å². The summed E-state index contributed by atoms with van der Waals surface area (Å²) in [5.41, 5.74) is 3.37. The molecule has 1 heterocycles. The Morgan fingerprint density at radius 1 is 1.26 bits per heavy atom. The van der Waals surface area contributed by atoms with Crippen LogP contribution in [0, 0.1) is 0 Å². The SMILES string of the molecule is CC(C)(C)OC(=O)N1CCC[C@@H]1C(=O)O.CCOC(=O)[C@@H](N)CC(C)(C)F. The minimum Gasteiger partial charge on any atom is -0.480 e. The van der Waals surface area contributed by atoms with Crippen LogP contribution in [0.25, 0.3) is 0 Å². The Kier molecular flexibility index (Phi) is 9.70. The number of carbonyl (C=O) groups excluding carboxylic acids is 2. The topological polar surface area (TPSA) is 119 Å². The van der Waals surface area contributed by atoms with E-state index >= 15 is 0 Å². The van der Waals surface area contributed by atoms with E-state index in [1.165, 1.54) is 18.7 Å². The van der Waals surface area contributed by atoms with Gasteiger partial charge in [-0.2, -0.15) is 0 Å². The van der Waals surface area contributed by atoms with Crippen LogP contribution in [0.1, 0.15) is 60.8 Å². The highest BCUT2D eigenvalue weighted by Crippen LogP contribution is 2.20. The Labute approximate surface area is 160 Å². The number of hydrogen-bond acceptors (Lipinski definition) is 6. The van der Waals surface area contributed by atoms with Gasteiger partial charge >= 0.3 is 18.0 Å². The first-order valence-corrected chi connectivity index (χ1v) is 9.01. The average Bonchev–Trinajstić information content (AvgIpc) is 2.94. The Balaban J connectivity index is 0.000000516. The number of likely N-dealkylation sites (tertiary alicyclic amines) is 1. The lowest BCUT2D eigenvalue weighted by molar-refractivity contribution is -0.145. The van der Waals surface area contributed by atoms with Gasteiger partial charge in [0.1, 0.15) is 23.4 Å². The van der Waals surface area contributed by atoms with Crippen LogP contribution in [0.3, 0.4) is 0 Å². The minimum atomic E-state index is -1.42. The molecule has 0 aliphatic carbocycles. The third kappa shape index (κ3) is 10.7. The van der Waals surface area contributed by atoms with Crippen molar-refractivity contribution in [2.75, 3.05) is 13.2 Å². The fraction of sp³-hybridized carbons (Fsp3) is 0.833. The van der Waals surface area contributed by atoms with Gasteiger partial charge in [-0.1, -0.05) is 0 Å². The molecule has 2 atom stereocenters. The van der Waals surface area contributed by atoms with Gasteiger partial charge in [-0.05, 0) is 54.4 Å². The second-order valence-electron chi connectivity index (χ2n) is 7.95. The Bertz CT molecular complexity index is 513. The fourth-order valence-electron chi connectivity index (χ4n) is 2.42. The predicted molar refractivity (Wildman–Crippen MR) is 98.0 cm³/mol. The van der Waals surface area contributed by atoms with Gasteiger partial charge in [-0.15, -0.1) is 0 Å². The third-order valence-corrected chi connectivity index (χ3v) is 3.46. The number of alkyl halides is 1. The summed E-state index contributed by atoms with van der Waals surface area (Å²) in [6, 6.07) is -1.58. The van der Waals surface area contributed by atoms with Gasteiger partial charge in [0.25, 0.3) is 0 Å². The van der Waals surface area contributed by atoms with Crippen LogP contribution in [0.15, 0.2) is 0 Å². The predicted octanol–water partition coefficient (Wildman–Crippen LogP) is 2.49. The summed E-state index contributed by atoms with van der Waals surface area (Å²) < 4.78 is 22.7. The Morgan fingerprint density at radius 3 is 2.22 bits per heavy atom. The molecule has 1 aliphatic rings. The number of esters is 1. The highest BCUT2D eigenvalue weighted by atomic mass is 19.1. The second-order valence-corrected chi connectivity index (χ2v) is 7.95. The molecule has 158 valence electrons. The number of amides is 1. The summed E-state index contributed by atoms with van der Waals surface area (Å²) in [5, 5.41) is 8.88. The number of hydrogen-bond donors (Lipinski definition) is 2. The maximum absolute atomic E-state index is 13.0. The smallest absolute Gasteiger partial charge is 0.411 e. The molecule has 1 saturated heterocycles. The van der Waals surface area contributed by atoms with E-state index in [1.54, 1.807) is 27.7 Å². The van der Waals surface area contributed by atoms with E-state index in [1.807, 2.05) is 0 Å². The number of nitrogens with two attached hydrogens (primary N) is 1. The van der Waals surface area contributed by atoms with Crippen molar-refractivity contribution in [3.8, 4) is 0 Å². The number of nitrogens with zero attached hydrogens (tertiary/aromatic N) is 1. The van der Waals surface area contributed by atoms with Crippen molar-refractivity contribution in [1.82, 2.24) is 4.90 Å². The number of halogens is 1. The molecular weight excluding hydrogens is 359 g/mol. The summed E-state index contributed by atoms with van der Waals surface area (Å²) in [6.45, 7) is 10.5. The van der Waals surface area contributed by atoms with Crippen molar-refractivity contribution in [3.63, 3.8) is 0 Å². The van der Waals surface area contributed by atoms with Crippen molar-refractivity contribution in [2.24, 2.45) is 5.73 Å². The average molecular weight is 392 g/mol. The molecule has 1 fully saturated rings. The maximum atomic E-state index is 13.0. The molecule has 0 radical (unpaired) electrons. The minimum absolute atomic E-state index is 0.00810. The van der Waals surface area contributed by atoms with Crippen LogP contribution in [0.4, 0.5) is 9.18 Å². The molecule has 1 amide bonds. The van der Waals surface area contributed by atoms with Gasteiger partial charge < -0.3 is 20.3 Å². The summed E-state index contributed by atoms with van der Waals surface area (Å²) in [4.78, 5) is 34.6. The van der Waals surface area contributed by atoms with Gasteiger partial charge in [-0.3, -0.25) is 9.69 Å². The van der Waals surface area contributed by atoms with E-state index in [4.69, 9.17) is 15.6 Å². The molecule has 0 spiro atoms. The van der Waals surface area contributed by atoms with Crippen molar-refractivity contribution in [1.29, 1.82) is 0 Å². The zero-order valence-corrected chi connectivity index (χ0v) is 17.1. The first-order valence-electron chi connectivity index (χ1n) is 9.01. The molecule has 0 unspecified atom stereocenters. The molecule has 8 nitrogen and oxygen atoms in total. The first-order chi connectivity index (χ1) is 12.2. The molecule has 3 N–H and O–H groups in total. The van der Waals surface area contributed by atoms with Gasteiger partial charge in [0.2, 0.25) is 0 Å². The lowest BCUT2D eigenvalue weighted by Crippen LogP contribution is -2.43. The Morgan fingerprint density at radius 2 is 1.81 bits per heavy atom. The van der Waals surface area contributed by atoms with Gasteiger partial charge in [0.15, 0.2) is 0 Å². The molecule has 0 aromatic rings. The molecular formula is C18H33FN2O6. The lowest BCUT2D eigenvalue weighted by atomic mass is 10.0. The van der Waals surface area contributed by atoms with Crippen molar-refractivity contribution in [2.45, 2.75) is 84.2 Å². The lowest BCUT2D eigenvalue weighted by Gasteiger charge is -2.26. The van der Waals surface area contributed by atoms with E-state index in [9.17, 15) is 18.8 Å². The number of carboxylic acids is 1. The molecule has 1 aliphatic heterocycles. The highest BCUT2D eigenvalue weighted by Gasteiger charge is 2.36. The van der Waals surface area contributed by atoms with E-state index in [-0.39, 0.29) is 13.0 Å². The Hall–Kier alpha value is -1.90. The molecule has 27 heavy (non-hydrogen) atoms. The number of ether oxygens (including phenoxy) is 2. The largest absolute Gasteiger partial charge is 0.480 e. The van der Waals surface area contributed by atoms with Crippen LogP contribution in [0.2, 0.25) is 0 Å². The first kappa shape index (κ1) is 25.1. The fourth-order valence-corrected chi connectivity index (χ4v) is 2.42. The van der Waals surface area contributed by atoms with E-state index < -0.39 is 41.4 Å². The molecule has 1 rings (SSSR count). The zero-order chi connectivity index (χ0) is 21.4.